The fourth-order valence-electron chi connectivity index (χ4n) is 0.655. The van der Waals surface area contributed by atoms with Gasteiger partial charge in [0.25, 0.3) is 5.56 Å². The second-order valence-electron chi connectivity index (χ2n) is 2.52. The van der Waals surface area contributed by atoms with Gasteiger partial charge in [0.05, 0.1) is 0 Å². The summed E-state index contributed by atoms with van der Waals surface area (Å²) in [4.78, 5) is 26.7. The first-order valence-corrected chi connectivity index (χ1v) is 3.67. The predicted octanol–water partition coefficient (Wildman–Crippen LogP) is 0.380. The van der Waals surface area contributed by atoms with Crippen LogP contribution < -0.4 is 10.4 Å². The van der Waals surface area contributed by atoms with Crippen LogP contribution in [0.1, 0.15) is 6.92 Å². The second-order valence-corrected chi connectivity index (χ2v) is 2.52. The van der Waals surface area contributed by atoms with E-state index < -0.39 is 11.5 Å². The quantitative estimate of drug-likeness (QED) is 0.616. The number of hydrogen-bond donors (Lipinski definition) is 0. The first-order chi connectivity index (χ1) is 6.11. The van der Waals surface area contributed by atoms with Crippen LogP contribution in [0.2, 0.25) is 0 Å². The van der Waals surface area contributed by atoms with E-state index in [1.54, 1.807) is 12.1 Å². The van der Waals surface area contributed by atoms with Crippen molar-refractivity contribution in [2.24, 2.45) is 0 Å². The zero-order valence-corrected chi connectivity index (χ0v) is 7.19. The van der Waals surface area contributed by atoms with Crippen molar-refractivity contribution >= 4 is 5.97 Å². The van der Waals surface area contributed by atoms with Crippen molar-refractivity contribution in [2.75, 3.05) is 0 Å². The fraction of sp³-hybridized carbons (Fsp3) is 0.111. The van der Waals surface area contributed by atoms with Crippen LogP contribution in [-0.4, -0.2) is 10.7 Å². The van der Waals surface area contributed by atoms with Crippen molar-refractivity contribution in [2.45, 2.75) is 6.92 Å². The molecule has 0 N–H and O–H groups in total. The SMILES string of the molecule is C=C(C)C(=O)On1ccccc1=O. The van der Waals surface area contributed by atoms with Gasteiger partial charge in [-0.2, -0.15) is 0 Å². The molecule has 0 saturated carbocycles. The van der Waals surface area contributed by atoms with Crippen LogP contribution >= 0.6 is 0 Å². The Bertz CT molecular complexity index is 392. The van der Waals surface area contributed by atoms with Gasteiger partial charge in [0.2, 0.25) is 0 Å². The van der Waals surface area contributed by atoms with Crippen LogP contribution in [0.5, 0.6) is 0 Å². The number of pyridine rings is 1. The molecule has 0 aliphatic carbocycles. The van der Waals surface area contributed by atoms with Gasteiger partial charge in [-0.25, -0.2) is 4.79 Å². The molecule has 68 valence electrons. The molecule has 0 saturated heterocycles. The summed E-state index contributed by atoms with van der Waals surface area (Å²) >= 11 is 0. The molecule has 4 heteroatoms. The summed E-state index contributed by atoms with van der Waals surface area (Å²) in [7, 11) is 0. The molecule has 4 nitrogen and oxygen atoms in total. The van der Waals surface area contributed by atoms with Gasteiger partial charge < -0.3 is 4.84 Å². The third-order valence-electron chi connectivity index (χ3n) is 1.32. The minimum absolute atomic E-state index is 0.246. The lowest BCUT2D eigenvalue weighted by atomic mass is 10.4. The monoisotopic (exact) mass is 179 g/mol. The lowest BCUT2D eigenvalue weighted by molar-refractivity contribution is -0.139. The maximum Gasteiger partial charge on any atom is 0.358 e. The van der Waals surface area contributed by atoms with Crippen molar-refractivity contribution in [1.29, 1.82) is 0 Å². The molecule has 0 aliphatic heterocycles. The molecular weight excluding hydrogens is 170 g/mol. The number of carbonyl (C=O) groups excluding carboxylic acids is 1. The average Bonchev–Trinajstić information content (AvgIpc) is 2.08. The Kier molecular flexibility index (Phi) is 2.64. The topological polar surface area (TPSA) is 48.3 Å². The largest absolute Gasteiger partial charge is 0.358 e. The lowest BCUT2D eigenvalue weighted by Gasteiger charge is -2.03. The van der Waals surface area contributed by atoms with Gasteiger partial charge in [-0.05, 0) is 13.0 Å². The molecule has 0 unspecified atom stereocenters. The molecule has 1 aromatic heterocycles. The van der Waals surface area contributed by atoms with Gasteiger partial charge >= 0.3 is 5.97 Å². The first kappa shape index (κ1) is 9.25. The molecule has 0 aliphatic rings. The van der Waals surface area contributed by atoms with Gasteiger partial charge in [-0.15, -0.1) is 4.73 Å². The Balaban J connectivity index is 2.87. The van der Waals surface area contributed by atoms with E-state index in [1.165, 1.54) is 19.2 Å². The van der Waals surface area contributed by atoms with E-state index in [4.69, 9.17) is 0 Å². The van der Waals surface area contributed by atoms with Crippen molar-refractivity contribution < 1.29 is 9.63 Å². The highest BCUT2D eigenvalue weighted by Crippen LogP contribution is 1.88. The van der Waals surface area contributed by atoms with Gasteiger partial charge in [0.1, 0.15) is 0 Å². The number of rotatable bonds is 2. The smallest absolute Gasteiger partial charge is 0.328 e. The Morgan fingerprint density at radius 2 is 2.23 bits per heavy atom. The molecule has 0 spiro atoms. The lowest BCUT2D eigenvalue weighted by Crippen LogP contribution is -2.29. The van der Waals surface area contributed by atoms with E-state index in [2.05, 4.69) is 11.4 Å². The van der Waals surface area contributed by atoms with Gasteiger partial charge in [0.15, 0.2) is 0 Å². The zero-order chi connectivity index (χ0) is 9.84. The van der Waals surface area contributed by atoms with Crippen molar-refractivity contribution in [3.8, 4) is 0 Å². The summed E-state index contributed by atoms with van der Waals surface area (Å²) in [5.74, 6) is -0.617. The predicted molar refractivity (Wildman–Crippen MR) is 47.1 cm³/mol. The van der Waals surface area contributed by atoms with E-state index in [0.29, 0.717) is 0 Å². The van der Waals surface area contributed by atoms with Crippen LogP contribution in [0.4, 0.5) is 0 Å². The van der Waals surface area contributed by atoms with Crippen molar-refractivity contribution in [1.82, 2.24) is 4.73 Å². The molecule has 0 aromatic carbocycles. The molecule has 1 aromatic rings. The van der Waals surface area contributed by atoms with Crippen LogP contribution in [0.25, 0.3) is 0 Å². The van der Waals surface area contributed by atoms with Crippen LogP contribution in [0.15, 0.2) is 41.3 Å². The molecule has 1 heterocycles. The Morgan fingerprint density at radius 3 is 2.77 bits per heavy atom. The highest BCUT2D eigenvalue weighted by molar-refractivity contribution is 5.87. The maximum atomic E-state index is 11.0. The molecular formula is C9H9NO3. The average molecular weight is 179 g/mol. The van der Waals surface area contributed by atoms with Crippen LogP contribution in [0, 0.1) is 0 Å². The summed E-state index contributed by atoms with van der Waals surface area (Å²) in [6, 6.07) is 4.45. The normalized spacial score (nSPS) is 9.31. The van der Waals surface area contributed by atoms with Crippen LogP contribution in [-0.2, 0) is 4.79 Å². The van der Waals surface area contributed by atoms with Gasteiger partial charge in [-0.3, -0.25) is 4.79 Å². The molecule has 13 heavy (non-hydrogen) atoms. The summed E-state index contributed by atoms with van der Waals surface area (Å²) in [5.41, 5.74) is -0.146. The minimum atomic E-state index is -0.617. The maximum absolute atomic E-state index is 11.0. The number of carbonyl (C=O) groups is 1. The molecule has 1 rings (SSSR count). The minimum Gasteiger partial charge on any atom is -0.328 e. The third kappa shape index (κ3) is 2.30. The van der Waals surface area contributed by atoms with Gasteiger partial charge in [0, 0.05) is 17.8 Å². The Labute approximate surface area is 75.0 Å². The molecule has 0 bridgehead atoms. The van der Waals surface area contributed by atoms with Gasteiger partial charge in [-0.1, -0.05) is 12.6 Å². The second kappa shape index (κ2) is 3.71. The number of aromatic nitrogens is 1. The number of hydrogen-bond acceptors (Lipinski definition) is 3. The summed E-state index contributed by atoms with van der Waals surface area (Å²) in [6.07, 6.45) is 1.36. The molecule has 0 amide bonds. The van der Waals surface area contributed by atoms with E-state index in [9.17, 15) is 9.59 Å². The van der Waals surface area contributed by atoms with E-state index in [0.717, 1.165) is 4.73 Å². The molecule has 0 fully saturated rings. The summed E-state index contributed by atoms with van der Waals surface area (Å²) in [5, 5.41) is 0. The summed E-state index contributed by atoms with van der Waals surface area (Å²) < 4.78 is 0.858. The standard InChI is InChI=1S/C9H9NO3/c1-7(2)9(12)13-10-6-4-3-5-8(10)11/h3-6H,1H2,2H3. The highest BCUT2D eigenvalue weighted by Gasteiger charge is 2.04. The zero-order valence-electron chi connectivity index (χ0n) is 7.19. The number of nitrogens with zero attached hydrogens (tertiary/aromatic N) is 1. The van der Waals surface area contributed by atoms with E-state index in [-0.39, 0.29) is 5.57 Å². The van der Waals surface area contributed by atoms with E-state index >= 15 is 0 Å². The van der Waals surface area contributed by atoms with Crippen molar-refractivity contribution in [3.05, 3.63) is 46.9 Å². The first-order valence-electron chi connectivity index (χ1n) is 3.67. The molecule has 0 atom stereocenters. The summed E-state index contributed by atoms with van der Waals surface area (Å²) in [6.45, 7) is 4.90. The third-order valence-corrected chi connectivity index (χ3v) is 1.32. The fourth-order valence-corrected chi connectivity index (χ4v) is 0.655. The van der Waals surface area contributed by atoms with Crippen molar-refractivity contribution in [3.63, 3.8) is 0 Å². The highest BCUT2D eigenvalue weighted by atomic mass is 16.7. The van der Waals surface area contributed by atoms with Crippen LogP contribution in [0.3, 0.4) is 0 Å². The Morgan fingerprint density at radius 1 is 1.54 bits per heavy atom. The van der Waals surface area contributed by atoms with E-state index in [1.807, 2.05) is 0 Å². The molecule has 0 radical (unpaired) electrons. The Hall–Kier alpha value is -1.84.